The van der Waals surface area contributed by atoms with Gasteiger partial charge < -0.3 is 10.1 Å². The Bertz CT molecular complexity index is 565. The number of carbonyl (C=O) groups excluding carboxylic acids is 2. The van der Waals surface area contributed by atoms with Crippen LogP contribution < -0.4 is 5.32 Å². The first kappa shape index (κ1) is 16.0. The third-order valence-corrected chi connectivity index (χ3v) is 4.14. The lowest BCUT2D eigenvalue weighted by atomic mass is 9.82. The van der Waals surface area contributed by atoms with Crippen LogP contribution in [0.1, 0.15) is 20.3 Å². The predicted molar refractivity (Wildman–Crippen MR) is 89.8 cm³/mol. The molecule has 0 bridgehead atoms. The van der Waals surface area contributed by atoms with Gasteiger partial charge in [0.2, 0.25) is 0 Å². The van der Waals surface area contributed by atoms with Crippen LogP contribution in [-0.4, -0.2) is 18.4 Å². The van der Waals surface area contributed by atoms with Gasteiger partial charge in [-0.25, -0.2) is 0 Å². The Kier molecular flexibility index (Phi) is 5.39. The van der Waals surface area contributed by atoms with E-state index in [4.69, 9.17) is 4.74 Å². The number of benzene rings is 1. The van der Waals surface area contributed by atoms with Crippen LogP contribution in [0, 0.1) is 15.4 Å². The molecule has 0 saturated heterocycles. The molecule has 2 rings (SSSR count). The normalized spacial score (nSPS) is 21.7. The number of anilines is 1. The second-order valence-corrected chi connectivity index (χ2v) is 6.36. The maximum absolute atomic E-state index is 12.2. The molecule has 1 aromatic carbocycles. The van der Waals surface area contributed by atoms with Crippen LogP contribution in [0.15, 0.2) is 36.0 Å². The van der Waals surface area contributed by atoms with Gasteiger partial charge >= 0.3 is 5.97 Å². The zero-order valence-corrected chi connectivity index (χ0v) is 14.2. The number of ether oxygens (including phenoxy) is 1. The first-order valence-electron chi connectivity index (χ1n) is 6.95. The van der Waals surface area contributed by atoms with E-state index in [2.05, 4.69) is 27.9 Å². The molecule has 1 aliphatic rings. The van der Waals surface area contributed by atoms with Gasteiger partial charge in [0.05, 0.1) is 6.61 Å². The molecule has 1 aliphatic carbocycles. The van der Waals surface area contributed by atoms with Gasteiger partial charge in [-0.1, -0.05) is 6.92 Å². The number of nitrogens with one attached hydrogen (secondary N) is 1. The molecule has 21 heavy (non-hydrogen) atoms. The minimum atomic E-state index is -0.674. The fourth-order valence-corrected chi connectivity index (χ4v) is 2.81. The molecular weight excluding hydrogens is 381 g/mol. The van der Waals surface area contributed by atoms with Gasteiger partial charge in [-0.05, 0) is 66.1 Å². The van der Waals surface area contributed by atoms with Crippen molar-refractivity contribution in [1.82, 2.24) is 0 Å². The lowest BCUT2D eigenvalue weighted by Gasteiger charge is -2.26. The number of ketones is 1. The molecule has 0 spiro atoms. The first-order valence-corrected chi connectivity index (χ1v) is 8.02. The Morgan fingerprint density at radius 2 is 2.05 bits per heavy atom. The Hall–Kier alpha value is -1.37. The highest BCUT2D eigenvalue weighted by Gasteiger charge is 2.36. The van der Waals surface area contributed by atoms with Crippen LogP contribution in [0.4, 0.5) is 5.69 Å². The van der Waals surface area contributed by atoms with Gasteiger partial charge in [0.15, 0.2) is 5.78 Å². The average Bonchev–Trinajstić information content (AvgIpc) is 2.41. The summed E-state index contributed by atoms with van der Waals surface area (Å²) in [5.74, 6) is -1.33. The number of esters is 1. The molecule has 0 aliphatic heterocycles. The van der Waals surface area contributed by atoms with Crippen molar-refractivity contribution < 1.29 is 14.3 Å². The van der Waals surface area contributed by atoms with Gasteiger partial charge in [-0.15, -0.1) is 0 Å². The van der Waals surface area contributed by atoms with Crippen molar-refractivity contribution >= 4 is 40.0 Å². The fourth-order valence-electron chi connectivity index (χ4n) is 2.45. The molecule has 0 radical (unpaired) electrons. The second-order valence-electron chi connectivity index (χ2n) is 5.11. The molecule has 1 aromatic rings. The van der Waals surface area contributed by atoms with Crippen LogP contribution in [-0.2, 0) is 14.3 Å². The lowest BCUT2D eigenvalue weighted by molar-refractivity contribution is -0.152. The molecule has 1 N–H and O–H groups in total. The van der Waals surface area contributed by atoms with E-state index in [0.717, 1.165) is 15.0 Å². The molecule has 0 amide bonds. The number of hydrogen-bond acceptors (Lipinski definition) is 4. The van der Waals surface area contributed by atoms with Crippen molar-refractivity contribution in [3.05, 3.63) is 39.6 Å². The second kappa shape index (κ2) is 7.06. The van der Waals surface area contributed by atoms with Crippen LogP contribution in [0.5, 0.6) is 0 Å². The standard InChI is InChI=1S/C16H18INO3/c1-3-21-16(20)15-10(2)8-13(9-14(15)19)18-12-6-4-11(17)5-7-12/h4-7,9-10,15,18H,3,8H2,1-2H3/t10-,15+/m1/s1. The summed E-state index contributed by atoms with van der Waals surface area (Å²) in [7, 11) is 0. The molecule has 5 heteroatoms. The highest BCUT2D eigenvalue weighted by molar-refractivity contribution is 14.1. The van der Waals surface area contributed by atoms with Gasteiger partial charge in [-0.3, -0.25) is 9.59 Å². The van der Waals surface area contributed by atoms with E-state index in [-0.39, 0.29) is 11.7 Å². The average molecular weight is 399 g/mol. The summed E-state index contributed by atoms with van der Waals surface area (Å²) in [6.45, 7) is 3.95. The van der Waals surface area contributed by atoms with Crippen LogP contribution in [0.25, 0.3) is 0 Å². The smallest absolute Gasteiger partial charge is 0.317 e. The van der Waals surface area contributed by atoms with Crippen molar-refractivity contribution in [2.75, 3.05) is 11.9 Å². The van der Waals surface area contributed by atoms with Crippen LogP contribution in [0.3, 0.4) is 0 Å². The van der Waals surface area contributed by atoms with Crippen molar-refractivity contribution in [3.63, 3.8) is 0 Å². The number of hydrogen-bond donors (Lipinski definition) is 1. The summed E-state index contributed by atoms with van der Waals surface area (Å²) in [6.07, 6.45) is 2.18. The van der Waals surface area contributed by atoms with E-state index in [1.54, 1.807) is 6.92 Å². The van der Waals surface area contributed by atoms with Crippen LogP contribution in [0.2, 0.25) is 0 Å². The molecule has 2 atom stereocenters. The zero-order valence-electron chi connectivity index (χ0n) is 12.1. The summed E-state index contributed by atoms with van der Waals surface area (Å²) >= 11 is 2.24. The van der Waals surface area contributed by atoms with Crippen molar-refractivity contribution in [2.45, 2.75) is 20.3 Å². The number of halogens is 1. The summed E-state index contributed by atoms with van der Waals surface area (Å²) in [4.78, 5) is 24.0. The first-order chi connectivity index (χ1) is 10.0. The van der Waals surface area contributed by atoms with E-state index in [9.17, 15) is 9.59 Å². The molecule has 112 valence electrons. The Morgan fingerprint density at radius 3 is 2.62 bits per heavy atom. The van der Waals surface area contributed by atoms with Crippen molar-refractivity contribution in [3.8, 4) is 0 Å². The van der Waals surface area contributed by atoms with Gasteiger partial charge in [-0.2, -0.15) is 0 Å². The largest absolute Gasteiger partial charge is 0.465 e. The number of rotatable bonds is 4. The van der Waals surface area contributed by atoms with E-state index in [1.165, 1.54) is 6.08 Å². The van der Waals surface area contributed by atoms with Gasteiger partial charge in [0.1, 0.15) is 5.92 Å². The van der Waals surface area contributed by atoms with Crippen molar-refractivity contribution in [2.24, 2.45) is 11.8 Å². The lowest BCUT2D eigenvalue weighted by Crippen LogP contribution is -2.34. The topological polar surface area (TPSA) is 55.4 Å². The van der Waals surface area contributed by atoms with Crippen molar-refractivity contribution in [1.29, 1.82) is 0 Å². The SMILES string of the molecule is CCOC(=O)[C@@H]1C(=O)C=C(Nc2ccc(I)cc2)C[C@H]1C. The highest BCUT2D eigenvalue weighted by atomic mass is 127. The Balaban J connectivity index is 2.10. The third kappa shape index (κ3) is 4.06. The summed E-state index contributed by atoms with van der Waals surface area (Å²) in [6, 6.07) is 7.93. The molecular formula is C16H18INO3. The Labute approximate surface area is 138 Å². The fraction of sp³-hybridized carbons (Fsp3) is 0.375. The maximum atomic E-state index is 12.2. The van der Waals surface area contributed by atoms with E-state index in [1.807, 2.05) is 31.2 Å². The van der Waals surface area contributed by atoms with Gasteiger partial charge in [0.25, 0.3) is 0 Å². The maximum Gasteiger partial charge on any atom is 0.317 e. The van der Waals surface area contributed by atoms with E-state index >= 15 is 0 Å². The number of allylic oxidation sites excluding steroid dienone is 2. The van der Waals surface area contributed by atoms with Gasteiger partial charge in [0, 0.05) is 21.0 Å². The zero-order chi connectivity index (χ0) is 15.4. The molecule has 0 unspecified atom stereocenters. The minimum Gasteiger partial charge on any atom is -0.465 e. The summed E-state index contributed by atoms with van der Waals surface area (Å²) in [5, 5.41) is 3.25. The minimum absolute atomic E-state index is 0.0621. The van der Waals surface area contributed by atoms with E-state index < -0.39 is 11.9 Å². The molecule has 0 heterocycles. The third-order valence-electron chi connectivity index (χ3n) is 3.42. The number of carbonyl (C=O) groups is 2. The van der Waals surface area contributed by atoms with E-state index in [0.29, 0.717) is 13.0 Å². The monoisotopic (exact) mass is 399 g/mol. The predicted octanol–water partition coefficient (Wildman–Crippen LogP) is 3.38. The van der Waals surface area contributed by atoms with Crippen LogP contribution >= 0.6 is 22.6 Å². The molecule has 0 fully saturated rings. The Morgan fingerprint density at radius 1 is 1.38 bits per heavy atom. The summed E-state index contributed by atoms with van der Waals surface area (Å²) < 4.78 is 6.13. The quantitative estimate of drug-likeness (QED) is 0.479. The molecule has 0 saturated carbocycles. The highest BCUT2D eigenvalue weighted by Crippen LogP contribution is 2.29. The molecule has 4 nitrogen and oxygen atoms in total. The summed E-state index contributed by atoms with van der Waals surface area (Å²) in [5.41, 5.74) is 1.78. The molecule has 0 aromatic heterocycles.